The maximum Gasteiger partial charge on any atom is 0.192 e. The van der Waals surface area contributed by atoms with Crippen LogP contribution in [0.3, 0.4) is 0 Å². The van der Waals surface area contributed by atoms with E-state index in [9.17, 15) is 4.39 Å². The molecule has 3 nitrogen and oxygen atoms in total. The van der Waals surface area contributed by atoms with Gasteiger partial charge in [-0.15, -0.1) is 0 Å². The number of benzene rings is 2. The second kappa shape index (κ2) is 5.85. The lowest BCUT2D eigenvalue weighted by Gasteiger charge is -2.27. The number of halogens is 2. The molecular weight excluding hydrogens is 333 g/mol. The molecule has 0 saturated heterocycles. The van der Waals surface area contributed by atoms with Crippen LogP contribution in [0.25, 0.3) is 0 Å². The van der Waals surface area contributed by atoms with Crippen molar-refractivity contribution in [3.63, 3.8) is 0 Å². The first-order valence-corrected chi connectivity index (χ1v) is 7.50. The molecule has 2 aromatic carbocycles. The van der Waals surface area contributed by atoms with Gasteiger partial charge in [0.2, 0.25) is 0 Å². The third-order valence-corrected chi connectivity index (χ3v) is 4.10. The number of nitrogens with two attached hydrogens (primary N) is 1. The van der Waals surface area contributed by atoms with Crippen molar-refractivity contribution >= 4 is 21.9 Å². The Balaban J connectivity index is 1.90. The lowest BCUT2D eigenvalue weighted by Crippen LogP contribution is -2.35. The molecular formula is C16H15BrFN3. The van der Waals surface area contributed by atoms with Crippen molar-refractivity contribution in [1.29, 1.82) is 0 Å². The van der Waals surface area contributed by atoms with Gasteiger partial charge in [0.15, 0.2) is 5.96 Å². The second-order valence-corrected chi connectivity index (χ2v) is 5.91. The zero-order valence-electron chi connectivity index (χ0n) is 11.3. The van der Waals surface area contributed by atoms with Gasteiger partial charge in [0.25, 0.3) is 0 Å². The summed E-state index contributed by atoms with van der Waals surface area (Å²) < 4.78 is 15.0. The molecule has 1 aliphatic heterocycles. The summed E-state index contributed by atoms with van der Waals surface area (Å²) in [5, 5.41) is 0. The minimum Gasteiger partial charge on any atom is -0.370 e. The van der Waals surface area contributed by atoms with Crippen LogP contribution in [0.4, 0.5) is 4.39 Å². The SMILES string of the molecule is NC1=NCC(c2cc(Br)ccc2F)N1Cc1ccccc1. The summed E-state index contributed by atoms with van der Waals surface area (Å²) in [7, 11) is 0. The quantitative estimate of drug-likeness (QED) is 0.923. The highest BCUT2D eigenvalue weighted by molar-refractivity contribution is 9.10. The Kier molecular flexibility index (Phi) is 3.92. The van der Waals surface area contributed by atoms with Gasteiger partial charge < -0.3 is 10.6 Å². The molecule has 0 saturated carbocycles. The first-order chi connectivity index (χ1) is 10.1. The molecule has 1 atom stereocenters. The van der Waals surface area contributed by atoms with Crippen LogP contribution in [0.1, 0.15) is 17.2 Å². The Morgan fingerprint density at radius 3 is 2.76 bits per heavy atom. The predicted octanol–water partition coefficient (Wildman–Crippen LogP) is 3.46. The Labute approximate surface area is 131 Å². The Bertz CT molecular complexity index is 672. The average Bonchev–Trinajstić information content (AvgIpc) is 2.84. The molecule has 1 unspecified atom stereocenters. The van der Waals surface area contributed by atoms with E-state index < -0.39 is 0 Å². The molecule has 0 aromatic heterocycles. The van der Waals surface area contributed by atoms with Gasteiger partial charge in [0.05, 0.1) is 12.6 Å². The standard InChI is InChI=1S/C16H15BrFN3/c17-12-6-7-14(18)13(8-12)15-9-20-16(19)21(15)10-11-4-2-1-3-5-11/h1-8,15H,9-10H2,(H2,19,20). The van der Waals surface area contributed by atoms with Gasteiger partial charge in [-0.25, -0.2) is 4.39 Å². The first kappa shape index (κ1) is 14.1. The molecule has 21 heavy (non-hydrogen) atoms. The molecule has 108 valence electrons. The average molecular weight is 348 g/mol. The molecule has 1 aliphatic rings. The minimum absolute atomic E-state index is 0.164. The summed E-state index contributed by atoms with van der Waals surface area (Å²) in [6, 6.07) is 14.8. The number of aliphatic imine (C=N–C) groups is 1. The summed E-state index contributed by atoms with van der Waals surface area (Å²) in [6.45, 7) is 1.10. The lowest BCUT2D eigenvalue weighted by molar-refractivity contribution is 0.331. The van der Waals surface area contributed by atoms with Crippen molar-refractivity contribution in [3.8, 4) is 0 Å². The summed E-state index contributed by atoms with van der Waals surface area (Å²) in [6.07, 6.45) is 0. The minimum atomic E-state index is -0.230. The van der Waals surface area contributed by atoms with Gasteiger partial charge in [0.1, 0.15) is 5.82 Å². The van der Waals surface area contributed by atoms with Gasteiger partial charge in [-0.05, 0) is 23.8 Å². The third-order valence-electron chi connectivity index (χ3n) is 3.61. The molecule has 3 rings (SSSR count). The fourth-order valence-electron chi connectivity index (χ4n) is 2.54. The fraction of sp³-hybridized carbons (Fsp3) is 0.188. The van der Waals surface area contributed by atoms with Crippen LogP contribution < -0.4 is 5.73 Å². The van der Waals surface area contributed by atoms with Crippen LogP contribution in [-0.4, -0.2) is 17.4 Å². The molecule has 0 aliphatic carbocycles. The molecule has 0 bridgehead atoms. The van der Waals surface area contributed by atoms with Gasteiger partial charge in [-0.1, -0.05) is 46.3 Å². The Morgan fingerprint density at radius 2 is 2.00 bits per heavy atom. The molecule has 0 amide bonds. The van der Waals surface area contributed by atoms with Crippen LogP contribution in [0.5, 0.6) is 0 Å². The van der Waals surface area contributed by atoms with Crippen molar-refractivity contribution in [2.45, 2.75) is 12.6 Å². The van der Waals surface area contributed by atoms with Crippen LogP contribution in [0.15, 0.2) is 58.0 Å². The van der Waals surface area contributed by atoms with Crippen LogP contribution in [0, 0.1) is 5.82 Å². The van der Waals surface area contributed by atoms with E-state index in [0.717, 1.165) is 10.0 Å². The molecule has 5 heteroatoms. The van der Waals surface area contributed by atoms with Crippen molar-refractivity contribution in [2.24, 2.45) is 10.7 Å². The lowest BCUT2D eigenvalue weighted by atomic mass is 10.0. The summed E-state index contributed by atoms with van der Waals surface area (Å²) in [5.74, 6) is 0.231. The van der Waals surface area contributed by atoms with E-state index in [1.165, 1.54) is 6.07 Å². The highest BCUT2D eigenvalue weighted by Crippen LogP contribution is 2.30. The highest BCUT2D eigenvalue weighted by atomic mass is 79.9. The van der Waals surface area contributed by atoms with Crippen molar-refractivity contribution in [1.82, 2.24) is 4.90 Å². The summed E-state index contributed by atoms with van der Waals surface area (Å²) >= 11 is 3.39. The van der Waals surface area contributed by atoms with E-state index >= 15 is 0 Å². The summed E-state index contributed by atoms with van der Waals surface area (Å²) in [5.41, 5.74) is 7.72. The number of nitrogens with zero attached hydrogens (tertiary/aromatic N) is 2. The summed E-state index contributed by atoms with van der Waals surface area (Å²) in [4.78, 5) is 6.23. The third kappa shape index (κ3) is 2.93. The molecule has 0 radical (unpaired) electrons. The van der Waals surface area contributed by atoms with E-state index in [2.05, 4.69) is 20.9 Å². The Hall–Kier alpha value is -1.88. The van der Waals surface area contributed by atoms with Gasteiger partial charge in [0, 0.05) is 16.6 Å². The molecule has 2 aromatic rings. The zero-order valence-corrected chi connectivity index (χ0v) is 12.9. The van der Waals surface area contributed by atoms with E-state index in [0.29, 0.717) is 24.6 Å². The number of guanidine groups is 1. The topological polar surface area (TPSA) is 41.6 Å². The molecule has 0 fully saturated rings. The van der Waals surface area contributed by atoms with Gasteiger partial charge >= 0.3 is 0 Å². The zero-order chi connectivity index (χ0) is 14.8. The molecule has 0 spiro atoms. The Morgan fingerprint density at radius 1 is 1.24 bits per heavy atom. The van der Waals surface area contributed by atoms with E-state index in [1.54, 1.807) is 12.1 Å². The number of hydrogen-bond donors (Lipinski definition) is 1. The normalized spacial score (nSPS) is 17.9. The highest BCUT2D eigenvalue weighted by Gasteiger charge is 2.29. The molecule has 2 N–H and O–H groups in total. The van der Waals surface area contributed by atoms with E-state index in [1.807, 2.05) is 35.2 Å². The number of rotatable bonds is 3. The fourth-order valence-corrected chi connectivity index (χ4v) is 2.92. The second-order valence-electron chi connectivity index (χ2n) is 4.99. The van der Waals surface area contributed by atoms with E-state index in [4.69, 9.17) is 5.73 Å². The number of hydrogen-bond acceptors (Lipinski definition) is 3. The maximum absolute atomic E-state index is 14.1. The van der Waals surface area contributed by atoms with Crippen molar-refractivity contribution in [2.75, 3.05) is 6.54 Å². The van der Waals surface area contributed by atoms with Crippen LogP contribution >= 0.6 is 15.9 Å². The monoisotopic (exact) mass is 347 g/mol. The predicted molar refractivity (Wildman–Crippen MR) is 85.3 cm³/mol. The molecule has 1 heterocycles. The smallest absolute Gasteiger partial charge is 0.192 e. The van der Waals surface area contributed by atoms with Gasteiger partial charge in [-0.3, -0.25) is 4.99 Å². The van der Waals surface area contributed by atoms with Crippen molar-refractivity contribution < 1.29 is 4.39 Å². The maximum atomic E-state index is 14.1. The van der Waals surface area contributed by atoms with Crippen molar-refractivity contribution in [3.05, 3.63) is 69.9 Å². The van der Waals surface area contributed by atoms with E-state index in [-0.39, 0.29) is 11.9 Å². The van der Waals surface area contributed by atoms with Crippen LogP contribution in [-0.2, 0) is 6.54 Å². The van der Waals surface area contributed by atoms with Gasteiger partial charge in [-0.2, -0.15) is 0 Å². The van der Waals surface area contributed by atoms with Crippen LogP contribution in [0.2, 0.25) is 0 Å². The first-order valence-electron chi connectivity index (χ1n) is 6.70. The largest absolute Gasteiger partial charge is 0.370 e.